The number of rotatable bonds is 5. The summed E-state index contributed by atoms with van der Waals surface area (Å²) in [6.45, 7) is 11.8. The van der Waals surface area contributed by atoms with Crippen LogP contribution < -0.4 is 5.32 Å². The van der Waals surface area contributed by atoms with Crippen molar-refractivity contribution in [1.82, 2.24) is 5.32 Å². The van der Waals surface area contributed by atoms with Gasteiger partial charge in [-0.05, 0) is 25.5 Å². The van der Waals surface area contributed by atoms with Crippen LogP contribution in [0.15, 0.2) is 66.9 Å². The maximum Gasteiger partial charge on any atom is 0.0485 e. The molecule has 1 aromatic carbocycles. The van der Waals surface area contributed by atoms with Crippen LogP contribution >= 0.6 is 0 Å². The Morgan fingerprint density at radius 3 is 2.38 bits per heavy atom. The molecule has 1 heteroatoms. The van der Waals surface area contributed by atoms with E-state index in [4.69, 9.17) is 0 Å². The largest absolute Gasteiger partial charge is 0.379 e. The molecule has 0 aliphatic carbocycles. The molecule has 0 aliphatic heterocycles. The summed E-state index contributed by atoms with van der Waals surface area (Å²) in [6.07, 6.45) is 3.90. The first kappa shape index (κ1) is 12.3. The first-order valence-electron chi connectivity index (χ1n) is 5.43. The standard InChI is InChI=1S/C15H19N/c1-12(2)10-11-13(3)16-14(4)15-8-6-5-7-9-15/h5-11,14,16H,1,3H2,2,4H3/b11-10-. The summed E-state index contributed by atoms with van der Waals surface area (Å²) in [5.74, 6) is 0. The molecule has 0 bridgehead atoms. The van der Waals surface area contributed by atoms with Gasteiger partial charge in [0.1, 0.15) is 0 Å². The van der Waals surface area contributed by atoms with E-state index in [1.54, 1.807) is 0 Å². The van der Waals surface area contributed by atoms with E-state index in [9.17, 15) is 0 Å². The number of hydrogen-bond donors (Lipinski definition) is 1. The highest BCUT2D eigenvalue weighted by atomic mass is 14.9. The summed E-state index contributed by atoms with van der Waals surface area (Å²) in [6, 6.07) is 10.6. The average Bonchev–Trinajstić information content (AvgIpc) is 2.27. The Morgan fingerprint density at radius 2 is 1.81 bits per heavy atom. The maximum atomic E-state index is 3.95. The third-order valence-corrected chi connectivity index (χ3v) is 2.27. The Balaban J connectivity index is 2.55. The fraction of sp³-hybridized carbons (Fsp3) is 0.200. The van der Waals surface area contributed by atoms with Crippen molar-refractivity contribution in [3.63, 3.8) is 0 Å². The lowest BCUT2D eigenvalue weighted by Gasteiger charge is -2.15. The summed E-state index contributed by atoms with van der Waals surface area (Å²) >= 11 is 0. The molecule has 16 heavy (non-hydrogen) atoms. The summed E-state index contributed by atoms with van der Waals surface area (Å²) in [5.41, 5.74) is 3.18. The van der Waals surface area contributed by atoms with Crippen molar-refractivity contribution in [3.05, 3.63) is 72.5 Å². The van der Waals surface area contributed by atoms with Crippen molar-refractivity contribution < 1.29 is 0 Å². The lowest BCUT2D eigenvalue weighted by atomic mass is 10.1. The third-order valence-electron chi connectivity index (χ3n) is 2.27. The molecule has 0 aliphatic rings. The molecular weight excluding hydrogens is 194 g/mol. The maximum absolute atomic E-state index is 3.95. The Morgan fingerprint density at radius 1 is 1.19 bits per heavy atom. The van der Waals surface area contributed by atoms with E-state index in [2.05, 4.69) is 37.5 Å². The summed E-state index contributed by atoms with van der Waals surface area (Å²) < 4.78 is 0. The minimum Gasteiger partial charge on any atom is -0.379 e. The topological polar surface area (TPSA) is 12.0 Å². The number of nitrogens with one attached hydrogen (secondary N) is 1. The van der Waals surface area contributed by atoms with E-state index in [1.165, 1.54) is 5.56 Å². The Bertz CT molecular complexity index is 387. The molecule has 0 amide bonds. The van der Waals surface area contributed by atoms with Gasteiger partial charge in [0.15, 0.2) is 0 Å². The van der Waals surface area contributed by atoms with E-state index in [-0.39, 0.29) is 6.04 Å². The van der Waals surface area contributed by atoms with Crippen LogP contribution in [-0.2, 0) is 0 Å². The predicted octanol–water partition coefficient (Wildman–Crippen LogP) is 3.98. The second-order valence-corrected chi connectivity index (χ2v) is 3.98. The van der Waals surface area contributed by atoms with Crippen molar-refractivity contribution >= 4 is 0 Å². The van der Waals surface area contributed by atoms with E-state index >= 15 is 0 Å². The van der Waals surface area contributed by atoms with Crippen LogP contribution in [0, 0.1) is 0 Å². The monoisotopic (exact) mass is 213 g/mol. The van der Waals surface area contributed by atoms with Gasteiger partial charge >= 0.3 is 0 Å². The van der Waals surface area contributed by atoms with Crippen LogP contribution in [0.3, 0.4) is 0 Å². The zero-order valence-corrected chi connectivity index (χ0v) is 10.0. The van der Waals surface area contributed by atoms with Gasteiger partial charge in [-0.15, -0.1) is 0 Å². The van der Waals surface area contributed by atoms with Crippen molar-refractivity contribution in [3.8, 4) is 0 Å². The summed E-state index contributed by atoms with van der Waals surface area (Å²) in [5, 5.41) is 3.33. The highest BCUT2D eigenvalue weighted by Crippen LogP contribution is 2.12. The number of allylic oxidation sites excluding steroid dienone is 3. The fourth-order valence-corrected chi connectivity index (χ4v) is 1.39. The van der Waals surface area contributed by atoms with E-state index in [0.29, 0.717) is 0 Å². The van der Waals surface area contributed by atoms with Crippen LogP contribution in [0.4, 0.5) is 0 Å². The van der Waals surface area contributed by atoms with Gasteiger partial charge in [0.05, 0.1) is 0 Å². The average molecular weight is 213 g/mol. The Labute approximate surface area is 98.2 Å². The van der Waals surface area contributed by atoms with Crippen molar-refractivity contribution in [2.75, 3.05) is 0 Å². The van der Waals surface area contributed by atoms with E-state index < -0.39 is 0 Å². The van der Waals surface area contributed by atoms with Gasteiger partial charge < -0.3 is 5.32 Å². The second kappa shape index (κ2) is 5.96. The van der Waals surface area contributed by atoms with Gasteiger partial charge in [0.25, 0.3) is 0 Å². The number of hydrogen-bond acceptors (Lipinski definition) is 1. The molecule has 0 radical (unpaired) electrons. The van der Waals surface area contributed by atoms with Gasteiger partial charge in [0, 0.05) is 11.7 Å². The van der Waals surface area contributed by atoms with Gasteiger partial charge in [-0.2, -0.15) is 0 Å². The molecule has 0 fully saturated rings. The van der Waals surface area contributed by atoms with E-state index in [0.717, 1.165) is 11.3 Å². The zero-order valence-electron chi connectivity index (χ0n) is 10.0. The SMILES string of the molecule is C=C(C)/C=C\C(=C)NC(C)c1ccccc1. The molecule has 1 atom stereocenters. The highest BCUT2D eigenvalue weighted by molar-refractivity contribution is 5.25. The highest BCUT2D eigenvalue weighted by Gasteiger charge is 2.02. The molecular formula is C15H19N. The number of benzene rings is 1. The van der Waals surface area contributed by atoms with Crippen LogP contribution in [0.2, 0.25) is 0 Å². The molecule has 84 valence electrons. The minimum absolute atomic E-state index is 0.267. The van der Waals surface area contributed by atoms with Crippen molar-refractivity contribution in [1.29, 1.82) is 0 Å². The Hall–Kier alpha value is -1.76. The molecule has 0 spiro atoms. The fourth-order valence-electron chi connectivity index (χ4n) is 1.39. The molecule has 1 rings (SSSR count). The van der Waals surface area contributed by atoms with Crippen LogP contribution in [-0.4, -0.2) is 0 Å². The molecule has 1 N–H and O–H groups in total. The lowest BCUT2D eigenvalue weighted by Crippen LogP contribution is -2.16. The third kappa shape index (κ3) is 4.18. The van der Waals surface area contributed by atoms with Gasteiger partial charge in [-0.3, -0.25) is 0 Å². The second-order valence-electron chi connectivity index (χ2n) is 3.98. The first-order chi connectivity index (χ1) is 7.59. The molecule has 0 heterocycles. The summed E-state index contributed by atoms with van der Waals surface area (Å²) in [7, 11) is 0. The Kier molecular flexibility index (Phi) is 4.59. The lowest BCUT2D eigenvalue weighted by molar-refractivity contribution is 0.667. The molecule has 0 saturated carbocycles. The van der Waals surface area contributed by atoms with Crippen molar-refractivity contribution in [2.45, 2.75) is 19.9 Å². The van der Waals surface area contributed by atoms with Crippen LogP contribution in [0.1, 0.15) is 25.5 Å². The molecule has 0 saturated heterocycles. The minimum atomic E-state index is 0.267. The molecule has 0 aromatic heterocycles. The normalized spacial score (nSPS) is 12.4. The molecule has 1 unspecified atom stereocenters. The van der Waals surface area contributed by atoms with Crippen molar-refractivity contribution in [2.24, 2.45) is 0 Å². The molecule has 1 aromatic rings. The smallest absolute Gasteiger partial charge is 0.0485 e. The molecule has 1 nitrogen and oxygen atoms in total. The van der Waals surface area contributed by atoms with Gasteiger partial charge in [-0.25, -0.2) is 0 Å². The summed E-state index contributed by atoms with van der Waals surface area (Å²) in [4.78, 5) is 0. The van der Waals surface area contributed by atoms with Crippen LogP contribution in [0.25, 0.3) is 0 Å². The van der Waals surface area contributed by atoms with Gasteiger partial charge in [-0.1, -0.05) is 55.1 Å². The van der Waals surface area contributed by atoms with E-state index in [1.807, 2.05) is 37.3 Å². The quantitative estimate of drug-likeness (QED) is 0.729. The predicted molar refractivity (Wildman–Crippen MR) is 71.1 cm³/mol. The van der Waals surface area contributed by atoms with Crippen LogP contribution in [0.5, 0.6) is 0 Å². The zero-order chi connectivity index (χ0) is 12.0. The first-order valence-corrected chi connectivity index (χ1v) is 5.43. The van der Waals surface area contributed by atoms with Gasteiger partial charge in [0.2, 0.25) is 0 Å².